The van der Waals surface area contributed by atoms with Crippen LogP contribution in [0.3, 0.4) is 0 Å². The van der Waals surface area contributed by atoms with Crippen LogP contribution in [-0.4, -0.2) is 40.9 Å². The van der Waals surface area contributed by atoms with Crippen LogP contribution in [0.5, 0.6) is 0 Å². The lowest BCUT2D eigenvalue weighted by molar-refractivity contribution is -0.157. The van der Waals surface area contributed by atoms with Crippen molar-refractivity contribution in [3.05, 3.63) is 18.2 Å². The van der Waals surface area contributed by atoms with Crippen molar-refractivity contribution in [1.82, 2.24) is 14.9 Å². The minimum Gasteiger partial charge on any atom is -0.462 e. The molecule has 1 aromatic heterocycles. The molecule has 1 amide bonds. The van der Waals surface area contributed by atoms with E-state index in [1.54, 1.807) is 12.4 Å². The van der Waals surface area contributed by atoms with Crippen molar-refractivity contribution in [3.8, 4) is 0 Å². The number of imidazole rings is 1. The van der Waals surface area contributed by atoms with E-state index < -0.39 is 11.9 Å². The van der Waals surface area contributed by atoms with Crippen molar-refractivity contribution in [2.45, 2.75) is 6.54 Å². The first-order valence-electron chi connectivity index (χ1n) is 3.97. The fourth-order valence-corrected chi connectivity index (χ4v) is 0.924. The van der Waals surface area contributed by atoms with Gasteiger partial charge in [-0.25, -0.2) is 9.78 Å². The Kier molecular flexibility index (Phi) is 3.22. The molecule has 0 aliphatic heterocycles. The molecule has 0 aliphatic carbocycles. The number of H-pyrrole nitrogens is 1. The third kappa shape index (κ3) is 2.32. The predicted molar refractivity (Wildman–Crippen MR) is 47.1 cm³/mol. The van der Waals surface area contributed by atoms with E-state index in [-0.39, 0.29) is 6.54 Å². The van der Waals surface area contributed by atoms with Crippen LogP contribution in [0.4, 0.5) is 0 Å². The summed E-state index contributed by atoms with van der Waals surface area (Å²) in [5, 5.41) is 0. The number of ether oxygens (including phenoxy) is 1. The van der Waals surface area contributed by atoms with Gasteiger partial charge in [-0.05, 0) is 0 Å². The molecule has 76 valence electrons. The second-order valence-electron chi connectivity index (χ2n) is 2.69. The van der Waals surface area contributed by atoms with E-state index in [1.807, 2.05) is 0 Å². The number of nitrogens with zero attached hydrogens (tertiary/aromatic N) is 2. The van der Waals surface area contributed by atoms with Gasteiger partial charge in [-0.1, -0.05) is 0 Å². The molecule has 0 fully saturated rings. The molecular weight excluding hydrogens is 186 g/mol. The molecular formula is C8H11N3O3. The number of aromatic nitrogens is 2. The smallest absolute Gasteiger partial charge is 0.396 e. The highest BCUT2D eigenvalue weighted by molar-refractivity contribution is 6.32. The Bertz CT molecular complexity index is 321. The minimum absolute atomic E-state index is 0.251. The summed E-state index contributed by atoms with van der Waals surface area (Å²) in [5.41, 5.74) is 0. The second-order valence-corrected chi connectivity index (χ2v) is 2.69. The van der Waals surface area contributed by atoms with E-state index in [9.17, 15) is 9.59 Å². The standard InChI is InChI=1S/C8H11N3O3/c1-11(7(12)8(13)14-2)5-6-9-3-4-10-6/h3-4H,5H2,1-2H3,(H,9,10). The Morgan fingerprint density at radius 3 is 2.86 bits per heavy atom. The molecule has 0 saturated heterocycles. The molecule has 6 nitrogen and oxygen atoms in total. The number of aromatic amines is 1. The van der Waals surface area contributed by atoms with Crippen LogP contribution in [-0.2, 0) is 20.9 Å². The molecule has 1 aromatic rings. The number of rotatable bonds is 2. The summed E-state index contributed by atoms with van der Waals surface area (Å²) in [4.78, 5) is 30.0. The molecule has 0 bridgehead atoms. The summed E-state index contributed by atoms with van der Waals surface area (Å²) in [5.74, 6) is -0.951. The van der Waals surface area contributed by atoms with E-state index in [2.05, 4.69) is 14.7 Å². The van der Waals surface area contributed by atoms with E-state index in [0.29, 0.717) is 5.82 Å². The first kappa shape index (κ1) is 10.2. The monoisotopic (exact) mass is 197 g/mol. The quantitative estimate of drug-likeness (QED) is 0.514. The predicted octanol–water partition coefficient (Wildman–Crippen LogP) is -0.459. The molecule has 0 saturated carbocycles. The van der Waals surface area contributed by atoms with Crippen LogP contribution in [0, 0.1) is 0 Å². The molecule has 0 unspecified atom stereocenters. The molecule has 6 heteroatoms. The highest BCUT2D eigenvalue weighted by Gasteiger charge is 2.19. The van der Waals surface area contributed by atoms with Gasteiger partial charge in [-0.3, -0.25) is 4.79 Å². The first-order chi connectivity index (χ1) is 6.65. The number of hydrogen-bond donors (Lipinski definition) is 1. The topological polar surface area (TPSA) is 75.3 Å². The molecule has 0 aromatic carbocycles. The molecule has 1 rings (SSSR count). The van der Waals surface area contributed by atoms with Crippen LogP contribution in [0.2, 0.25) is 0 Å². The number of carbonyl (C=O) groups excluding carboxylic acids is 2. The van der Waals surface area contributed by atoms with E-state index >= 15 is 0 Å². The van der Waals surface area contributed by atoms with Crippen molar-refractivity contribution in [2.75, 3.05) is 14.2 Å². The van der Waals surface area contributed by atoms with Crippen molar-refractivity contribution in [3.63, 3.8) is 0 Å². The molecule has 0 radical (unpaired) electrons. The maximum Gasteiger partial charge on any atom is 0.396 e. The fourth-order valence-electron chi connectivity index (χ4n) is 0.924. The third-order valence-electron chi connectivity index (χ3n) is 1.65. The maximum atomic E-state index is 11.2. The Morgan fingerprint density at radius 1 is 1.64 bits per heavy atom. The maximum absolute atomic E-state index is 11.2. The molecule has 0 aliphatic rings. The van der Waals surface area contributed by atoms with Gasteiger partial charge in [0.25, 0.3) is 0 Å². The zero-order valence-electron chi connectivity index (χ0n) is 7.98. The van der Waals surface area contributed by atoms with Crippen molar-refractivity contribution >= 4 is 11.9 Å². The number of hydrogen-bond acceptors (Lipinski definition) is 4. The van der Waals surface area contributed by atoms with Crippen LogP contribution in [0.25, 0.3) is 0 Å². The summed E-state index contributed by atoms with van der Waals surface area (Å²) in [7, 11) is 2.67. The van der Waals surface area contributed by atoms with E-state index in [4.69, 9.17) is 0 Å². The van der Waals surface area contributed by atoms with E-state index in [1.165, 1.54) is 19.1 Å². The normalized spacial score (nSPS) is 9.57. The zero-order chi connectivity index (χ0) is 10.6. The van der Waals surface area contributed by atoms with Gasteiger partial charge in [0, 0.05) is 19.4 Å². The van der Waals surface area contributed by atoms with Gasteiger partial charge in [-0.2, -0.15) is 0 Å². The first-order valence-corrected chi connectivity index (χ1v) is 3.97. The Balaban J connectivity index is 2.54. The van der Waals surface area contributed by atoms with Crippen LogP contribution in [0.1, 0.15) is 5.82 Å². The highest BCUT2D eigenvalue weighted by Crippen LogP contribution is 1.96. The summed E-state index contributed by atoms with van der Waals surface area (Å²) < 4.78 is 4.29. The molecule has 0 spiro atoms. The summed E-state index contributed by atoms with van der Waals surface area (Å²) in [6, 6.07) is 0. The zero-order valence-corrected chi connectivity index (χ0v) is 7.98. The van der Waals surface area contributed by atoms with Gasteiger partial charge in [0.1, 0.15) is 5.82 Å². The minimum atomic E-state index is -0.876. The summed E-state index contributed by atoms with van der Waals surface area (Å²) >= 11 is 0. The Morgan fingerprint density at radius 2 is 2.36 bits per heavy atom. The Labute approximate surface area is 80.9 Å². The average molecular weight is 197 g/mol. The van der Waals surface area contributed by atoms with Gasteiger partial charge >= 0.3 is 11.9 Å². The molecule has 1 heterocycles. The average Bonchev–Trinajstić information content (AvgIpc) is 2.68. The SMILES string of the molecule is COC(=O)C(=O)N(C)Cc1ncc[nH]1. The van der Waals surface area contributed by atoms with Crippen molar-refractivity contribution in [2.24, 2.45) is 0 Å². The number of likely N-dealkylation sites (N-methyl/N-ethyl adjacent to an activating group) is 1. The summed E-state index contributed by atoms with van der Waals surface area (Å²) in [6.07, 6.45) is 3.22. The van der Waals surface area contributed by atoms with E-state index in [0.717, 1.165) is 0 Å². The highest BCUT2D eigenvalue weighted by atomic mass is 16.5. The number of methoxy groups -OCH3 is 1. The van der Waals surface area contributed by atoms with Gasteiger partial charge in [0.05, 0.1) is 13.7 Å². The van der Waals surface area contributed by atoms with Gasteiger partial charge in [-0.15, -0.1) is 0 Å². The third-order valence-corrected chi connectivity index (χ3v) is 1.65. The molecule has 1 N–H and O–H groups in total. The lowest BCUT2D eigenvalue weighted by atomic mass is 10.5. The van der Waals surface area contributed by atoms with Crippen LogP contribution in [0.15, 0.2) is 12.4 Å². The Hall–Kier alpha value is -1.85. The lowest BCUT2D eigenvalue weighted by Crippen LogP contribution is -2.33. The van der Waals surface area contributed by atoms with Crippen molar-refractivity contribution in [1.29, 1.82) is 0 Å². The second kappa shape index (κ2) is 4.40. The number of carbonyl (C=O) groups is 2. The molecule has 0 atom stereocenters. The number of nitrogens with one attached hydrogen (secondary N) is 1. The van der Waals surface area contributed by atoms with Crippen molar-refractivity contribution < 1.29 is 14.3 Å². The molecule has 14 heavy (non-hydrogen) atoms. The van der Waals surface area contributed by atoms with Gasteiger partial charge in [0.2, 0.25) is 0 Å². The van der Waals surface area contributed by atoms with Gasteiger partial charge in [0.15, 0.2) is 0 Å². The number of amides is 1. The van der Waals surface area contributed by atoms with Crippen LogP contribution < -0.4 is 0 Å². The number of esters is 1. The summed E-state index contributed by atoms with van der Waals surface area (Å²) in [6.45, 7) is 0.251. The largest absolute Gasteiger partial charge is 0.462 e. The lowest BCUT2D eigenvalue weighted by Gasteiger charge is -2.13. The van der Waals surface area contributed by atoms with Gasteiger partial charge < -0.3 is 14.6 Å². The fraction of sp³-hybridized carbons (Fsp3) is 0.375. The van der Waals surface area contributed by atoms with Crippen LogP contribution >= 0.6 is 0 Å².